The summed E-state index contributed by atoms with van der Waals surface area (Å²) in [5.74, 6) is 0.675. The van der Waals surface area contributed by atoms with Crippen molar-refractivity contribution in [3.8, 4) is 5.88 Å². The number of hydrogen-bond donors (Lipinski definition) is 0. The molecule has 1 aromatic heterocycles. The van der Waals surface area contributed by atoms with E-state index in [1.165, 1.54) is 0 Å². The molecular formula is C12H17N3O2. The van der Waals surface area contributed by atoms with Crippen LogP contribution in [-0.2, 0) is 4.79 Å². The van der Waals surface area contributed by atoms with Gasteiger partial charge in [-0.25, -0.2) is 4.98 Å². The minimum Gasteiger partial charge on any atom is -0.471 e. The number of ether oxygens (including phenoxy) is 1. The van der Waals surface area contributed by atoms with E-state index in [0.717, 1.165) is 24.4 Å². The summed E-state index contributed by atoms with van der Waals surface area (Å²) in [5, 5.41) is 0. The lowest BCUT2D eigenvalue weighted by Gasteiger charge is -2.15. The highest BCUT2D eigenvalue weighted by molar-refractivity contribution is 5.73. The van der Waals surface area contributed by atoms with Crippen LogP contribution in [0.1, 0.15) is 24.7 Å². The summed E-state index contributed by atoms with van der Waals surface area (Å²) in [5.41, 5.74) is 1.68. The summed E-state index contributed by atoms with van der Waals surface area (Å²) in [7, 11) is 0. The molecule has 1 amide bonds. The minimum absolute atomic E-state index is 0.0367. The molecule has 1 unspecified atom stereocenters. The monoisotopic (exact) mass is 235 g/mol. The SMILES string of the molecule is CC(=O)N1CCC(Oc2ncc(C)nc2C)C1. The van der Waals surface area contributed by atoms with Gasteiger partial charge in [-0.3, -0.25) is 9.78 Å². The minimum atomic E-state index is 0.0367. The molecule has 0 N–H and O–H groups in total. The van der Waals surface area contributed by atoms with Crippen molar-refractivity contribution >= 4 is 5.91 Å². The Morgan fingerprint density at radius 3 is 2.88 bits per heavy atom. The molecule has 5 nitrogen and oxygen atoms in total. The summed E-state index contributed by atoms with van der Waals surface area (Å²) in [6.45, 7) is 6.77. The van der Waals surface area contributed by atoms with Gasteiger partial charge in [-0.15, -0.1) is 0 Å². The van der Waals surface area contributed by atoms with E-state index in [1.807, 2.05) is 13.8 Å². The molecule has 1 saturated heterocycles. The van der Waals surface area contributed by atoms with Gasteiger partial charge in [0.25, 0.3) is 0 Å². The predicted molar refractivity (Wildman–Crippen MR) is 62.8 cm³/mol. The quantitative estimate of drug-likeness (QED) is 0.770. The molecule has 1 aromatic rings. The highest BCUT2D eigenvalue weighted by Crippen LogP contribution is 2.18. The Kier molecular flexibility index (Phi) is 3.26. The van der Waals surface area contributed by atoms with Crippen molar-refractivity contribution in [2.24, 2.45) is 0 Å². The first-order valence-corrected chi connectivity index (χ1v) is 5.78. The van der Waals surface area contributed by atoms with Crippen LogP contribution in [0, 0.1) is 13.8 Å². The highest BCUT2D eigenvalue weighted by atomic mass is 16.5. The Bertz CT molecular complexity index is 434. The van der Waals surface area contributed by atoms with E-state index in [0.29, 0.717) is 12.4 Å². The molecule has 17 heavy (non-hydrogen) atoms. The van der Waals surface area contributed by atoms with Crippen molar-refractivity contribution in [1.82, 2.24) is 14.9 Å². The van der Waals surface area contributed by atoms with Crippen molar-refractivity contribution in [2.45, 2.75) is 33.3 Å². The van der Waals surface area contributed by atoms with Gasteiger partial charge in [0.1, 0.15) is 6.10 Å². The van der Waals surface area contributed by atoms with E-state index in [4.69, 9.17) is 4.74 Å². The Balaban J connectivity index is 2.00. The summed E-state index contributed by atoms with van der Waals surface area (Å²) in [4.78, 5) is 21.5. The van der Waals surface area contributed by atoms with Crippen molar-refractivity contribution < 1.29 is 9.53 Å². The van der Waals surface area contributed by atoms with Gasteiger partial charge in [-0.05, 0) is 13.8 Å². The van der Waals surface area contributed by atoms with Crippen LogP contribution in [0.5, 0.6) is 5.88 Å². The third-order valence-corrected chi connectivity index (χ3v) is 2.89. The van der Waals surface area contributed by atoms with Crippen LogP contribution in [0.3, 0.4) is 0 Å². The van der Waals surface area contributed by atoms with Crippen LogP contribution in [0.2, 0.25) is 0 Å². The van der Waals surface area contributed by atoms with E-state index in [9.17, 15) is 4.79 Å². The molecule has 1 aliphatic rings. The largest absolute Gasteiger partial charge is 0.471 e. The number of nitrogens with zero attached hydrogens (tertiary/aromatic N) is 3. The average molecular weight is 235 g/mol. The van der Waals surface area contributed by atoms with E-state index in [2.05, 4.69) is 9.97 Å². The topological polar surface area (TPSA) is 55.3 Å². The number of aromatic nitrogens is 2. The lowest BCUT2D eigenvalue weighted by atomic mass is 10.3. The van der Waals surface area contributed by atoms with Crippen molar-refractivity contribution in [1.29, 1.82) is 0 Å². The fraction of sp³-hybridized carbons (Fsp3) is 0.583. The molecule has 92 valence electrons. The third-order valence-electron chi connectivity index (χ3n) is 2.89. The number of rotatable bonds is 2. The Morgan fingerprint density at radius 2 is 2.29 bits per heavy atom. The molecule has 0 saturated carbocycles. The zero-order valence-electron chi connectivity index (χ0n) is 10.4. The molecule has 2 rings (SSSR count). The summed E-state index contributed by atoms with van der Waals surface area (Å²) >= 11 is 0. The molecule has 0 radical (unpaired) electrons. The molecule has 0 spiro atoms. The number of carbonyl (C=O) groups excluding carboxylic acids is 1. The molecule has 0 bridgehead atoms. The maximum absolute atomic E-state index is 11.2. The molecule has 5 heteroatoms. The Labute approximate surface area is 101 Å². The standard InChI is InChI=1S/C12H17N3O2/c1-8-6-13-12(9(2)14-8)17-11-4-5-15(7-11)10(3)16/h6,11H,4-5,7H2,1-3H3. The average Bonchev–Trinajstić information content (AvgIpc) is 2.71. The van der Waals surface area contributed by atoms with Crippen LogP contribution in [-0.4, -0.2) is 40.0 Å². The van der Waals surface area contributed by atoms with E-state index >= 15 is 0 Å². The van der Waals surface area contributed by atoms with Crippen molar-refractivity contribution in [2.75, 3.05) is 13.1 Å². The van der Waals surface area contributed by atoms with Crippen LogP contribution < -0.4 is 4.74 Å². The zero-order valence-corrected chi connectivity index (χ0v) is 10.4. The third kappa shape index (κ3) is 2.72. The molecule has 1 fully saturated rings. The molecule has 1 aliphatic heterocycles. The first-order valence-electron chi connectivity index (χ1n) is 5.78. The van der Waals surface area contributed by atoms with E-state index in [-0.39, 0.29) is 12.0 Å². The van der Waals surface area contributed by atoms with E-state index < -0.39 is 0 Å². The van der Waals surface area contributed by atoms with Crippen LogP contribution in [0.25, 0.3) is 0 Å². The van der Waals surface area contributed by atoms with Crippen molar-refractivity contribution in [3.05, 3.63) is 17.6 Å². The van der Waals surface area contributed by atoms with Crippen LogP contribution >= 0.6 is 0 Å². The smallest absolute Gasteiger partial charge is 0.235 e. The lowest BCUT2D eigenvalue weighted by Crippen LogP contribution is -2.29. The summed E-state index contributed by atoms with van der Waals surface area (Å²) in [6.07, 6.45) is 2.59. The Morgan fingerprint density at radius 1 is 1.53 bits per heavy atom. The maximum atomic E-state index is 11.2. The van der Waals surface area contributed by atoms with Crippen LogP contribution in [0.4, 0.5) is 0 Å². The van der Waals surface area contributed by atoms with Gasteiger partial charge in [0.05, 0.1) is 24.1 Å². The second kappa shape index (κ2) is 4.69. The van der Waals surface area contributed by atoms with Gasteiger partial charge in [0.2, 0.25) is 11.8 Å². The summed E-state index contributed by atoms with van der Waals surface area (Å²) < 4.78 is 5.77. The molecule has 0 aromatic carbocycles. The lowest BCUT2D eigenvalue weighted by molar-refractivity contribution is -0.128. The summed E-state index contributed by atoms with van der Waals surface area (Å²) in [6, 6.07) is 0. The maximum Gasteiger partial charge on any atom is 0.235 e. The fourth-order valence-corrected chi connectivity index (χ4v) is 1.97. The predicted octanol–water partition coefficient (Wildman–Crippen LogP) is 1.09. The molecule has 1 atom stereocenters. The van der Waals surface area contributed by atoms with Gasteiger partial charge < -0.3 is 9.64 Å². The van der Waals surface area contributed by atoms with Crippen molar-refractivity contribution in [3.63, 3.8) is 0 Å². The second-order valence-electron chi connectivity index (χ2n) is 4.40. The van der Waals surface area contributed by atoms with Crippen LogP contribution in [0.15, 0.2) is 6.20 Å². The zero-order chi connectivity index (χ0) is 12.4. The molecule has 0 aliphatic carbocycles. The first-order chi connectivity index (χ1) is 8.06. The normalized spacial score (nSPS) is 19.5. The second-order valence-corrected chi connectivity index (χ2v) is 4.40. The first kappa shape index (κ1) is 11.8. The number of hydrogen-bond acceptors (Lipinski definition) is 4. The van der Waals surface area contributed by atoms with Gasteiger partial charge in [0, 0.05) is 19.9 Å². The number of likely N-dealkylation sites (tertiary alicyclic amines) is 1. The van der Waals surface area contributed by atoms with Gasteiger partial charge in [0.15, 0.2) is 0 Å². The number of carbonyl (C=O) groups is 1. The Hall–Kier alpha value is -1.65. The number of aryl methyl sites for hydroxylation is 2. The molecular weight excluding hydrogens is 218 g/mol. The fourth-order valence-electron chi connectivity index (χ4n) is 1.97. The molecule has 2 heterocycles. The van der Waals surface area contributed by atoms with Gasteiger partial charge in [-0.1, -0.05) is 0 Å². The van der Waals surface area contributed by atoms with Gasteiger partial charge in [-0.2, -0.15) is 0 Å². The van der Waals surface area contributed by atoms with Gasteiger partial charge >= 0.3 is 0 Å². The number of amides is 1. The van der Waals surface area contributed by atoms with E-state index in [1.54, 1.807) is 18.0 Å². The highest BCUT2D eigenvalue weighted by Gasteiger charge is 2.26.